The Balaban J connectivity index is 1.46. The molecule has 3 nitrogen and oxygen atoms in total. The molecule has 2 aromatic carbocycles. The molecule has 1 saturated carbocycles. The third-order valence-corrected chi connectivity index (χ3v) is 5.67. The number of hydrogen-bond donors (Lipinski definition) is 1. The molecule has 4 rings (SSSR count). The molecule has 0 bridgehead atoms. The minimum absolute atomic E-state index is 0.0339. The fraction of sp³-hybridized carbons (Fsp3) is 0.409. The summed E-state index contributed by atoms with van der Waals surface area (Å²) in [4.78, 5) is 15.1. The summed E-state index contributed by atoms with van der Waals surface area (Å²) in [6, 6.07) is 15.0. The first-order valence-electron chi connectivity index (χ1n) is 9.43. The van der Waals surface area contributed by atoms with Crippen LogP contribution in [0.25, 0.3) is 0 Å². The molecule has 0 saturated heterocycles. The number of hydrogen-bond acceptors (Lipinski definition) is 2. The molecular formula is C22H26N2O. The van der Waals surface area contributed by atoms with E-state index < -0.39 is 0 Å². The third kappa shape index (κ3) is 3.62. The number of rotatable bonds is 3. The largest absolute Gasteiger partial charge is 0.322 e. The van der Waals surface area contributed by atoms with Gasteiger partial charge in [-0.2, -0.15) is 0 Å². The number of benzene rings is 2. The Morgan fingerprint density at radius 1 is 1.04 bits per heavy atom. The SMILES string of the molecule is Cc1cccc(C(=O)Nc2ccc3c(c2)CCN(C2CCC2)CC3)c1. The van der Waals surface area contributed by atoms with E-state index in [0.717, 1.165) is 36.7 Å². The maximum absolute atomic E-state index is 12.5. The molecule has 25 heavy (non-hydrogen) atoms. The predicted molar refractivity (Wildman–Crippen MR) is 102 cm³/mol. The summed E-state index contributed by atoms with van der Waals surface area (Å²) in [6.45, 7) is 4.33. The van der Waals surface area contributed by atoms with Crippen LogP contribution < -0.4 is 5.32 Å². The fourth-order valence-electron chi connectivity index (χ4n) is 3.93. The van der Waals surface area contributed by atoms with E-state index in [-0.39, 0.29) is 5.91 Å². The molecule has 0 radical (unpaired) electrons. The van der Waals surface area contributed by atoms with Crippen LogP contribution >= 0.6 is 0 Å². The first-order chi connectivity index (χ1) is 12.2. The van der Waals surface area contributed by atoms with Crippen molar-refractivity contribution in [1.29, 1.82) is 0 Å². The molecule has 1 amide bonds. The van der Waals surface area contributed by atoms with Crippen molar-refractivity contribution < 1.29 is 4.79 Å². The van der Waals surface area contributed by atoms with E-state index in [2.05, 4.69) is 22.3 Å². The van der Waals surface area contributed by atoms with Crippen LogP contribution in [0.2, 0.25) is 0 Å². The van der Waals surface area contributed by atoms with Crippen LogP contribution in [0.3, 0.4) is 0 Å². The number of anilines is 1. The van der Waals surface area contributed by atoms with E-state index in [0.29, 0.717) is 5.56 Å². The molecule has 130 valence electrons. The number of carbonyl (C=O) groups is 1. The van der Waals surface area contributed by atoms with Crippen LogP contribution in [-0.2, 0) is 12.8 Å². The lowest BCUT2D eigenvalue weighted by Crippen LogP contribution is -2.41. The van der Waals surface area contributed by atoms with Crippen molar-refractivity contribution in [3.05, 3.63) is 64.7 Å². The molecule has 1 N–H and O–H groups in total. The van der Waals surface area contributed by atoms with E-state index in [4.69, 9.17) is 0 Å². The second kappa shape index (κ2) is 7.01. The average Bonchev–Trinajstić information content (AvgIpc) is 2.76. The standard InChI is InChI=1S/C22H26N2O/c1-16-4-2-5-19(14-16)22(25)23-20-9-8-17-10-12-24(21-6-3-7-21)13-11-18(17)15-20/h2,4-5,8-9,14-15,21H,3,6-7,10-13H2,1H3,(H,23,25). The van der Waals surface area contributed by atoms with Gasteiger partial charge in [0.25, 0.3) is 5.91 Å². The Morgan fingerprint density at radius 3 is 2.56 bits per heavy atom. The number of nitrogens with one attached hydrogen (secondary N) is 1. The van der Waals surface area contributed by atoms with Crippen LogP contribution in [0.4, 0.5) is 5.69 Å². The first-order valence-corrected chi connectivity index (χ1v) is 9.43. The molecule has 3 heteroatoms. The first kappa shape index (κ1) is 16.3. The van der Waals surface area contributed by atoms with Crippen LogP contribution in [0.1, 0.15) is 46.3 Å². The van der Waals surface area contributed by atoms with E-state index >= 15 is 0 Å². The zero-order valence-corrected chi connectivity index (χ0v) is 14.9. The number of fused-ring (bicyclic) bond motifs is 1. The summed E-state index contributed by atoms with van der Waals surface area (Å²) >= 11 is 0. The number of carbonyl (C=O) groups excluding carboxylic acids is 1. The van der Waals surface area contributed by atoms with Gasteiger partial charge >= 0.3 is 0 Å². The van der Waals surface area contributed by atoms with Crippen molar-refractivity contribution in [2.45, 2.75) is 45.1 Å². The quantitative estimate of drug-likeness (QED) is 0.912. The van der Waals surface area contributed by atoms with E-state index in [9.17, 15) is 4.79 Å². The van der Waals surface area contributed by atoms with Gasteiger partial charge in [0, 0.05) is 30.4 Å². The number of amides is 1. The zero-order valence-electron chi connectivity index (χ0n) is 14.9. The Labute approximate surface area is 150 Å². The highest BCUT2D eigenvalue weighted by molar-refractivity contribution is 6.04. The Kier molecular flexibility index (Phi) is 4.58. The molecule has 0 atom stereocenters. The summed E-state index contributed by atoms with van der Waals surface area (Å²) in [5, 5.41) is 3.06. The minimum Gasteiger partial charge on any atom is -0.322 e. The Morgan fingerprint density at radius 2 is 1.84 bits per heavy atom. The smallest absolute Gasteiger partial charge is 0.255 e. The summed E-state index contributed by atoms with van der Waals surface area (Å²) < 4.78 is 0. The van der Waals surface area contributed by atoms with Crippen molar-refractivity contribution in [3.8, 4) is 0 Å². The van der Waals surface area contributed by atoms with Gasteiger partial charge in [0.1, 0.15) is 0 Å². The Hall–Kier alpha value is -2.13. The van der Waals surface area contributed by atoms with Crippen molar-refractivity contribution >= 4 is 11.6 Å². The molecule has 0 aromatic heterocycles. The lowest BCUT2D eigenvalue weighted by Gasteiger charge is -2.36. The highest BCUT2D eigenvalue weighted by atomic mass is 16.1. The maximum Gasteiger partial charge on any atom is 0.255 e. The van der Waals surface area contributed by atoms with Crippen LogP contribution in [0, 0.1) is 6.92 Å². The van der Waals surface area contributed by atoms with Crippen LogP contribution in [0.15, 0.2) is 42.5 Å². The molecule has 2 aliphatic rings. The van der Waals surface area contributed by atoms with Crippen molar-refractivity contribution in [1.82, 2.24) is 4.90 Å². The molecular weight excluding hydrogens is 308 g/mol. The third-order valence-electron chi connectivity index (χ3n) is 5.67. The van der Waals surface area contributed by atoms with Crippen molar-refractivity contribution in [2.24, 2.45) is 0 Å². The van der Waals surface area contributed by atoms with Gasteiger partial charge in [-0.15, -0.1) is 0 Å². The zero-order chi connectivity index (χ0) is 17.2. The van der Waals surface area contributed by atoms with E-state index in [1.165, 1.54) is 36.9 Å². The maximum atomic E-state index is 12.5. The van der Waals surface area contributed by atoms with E-state index in [1.807, 2.05) is 37.3 Å². The molecule has 2 aromatic rings. The highest BCUT2D eigenvalue weighted by Gasteiger charge is 2.26. The van der Waals surface area contributed by atoms with Gasteiger partial charge in [0.05, 0.1) is 0 Å². The lowest BCUT2D eigenvalue weighted by atomic mass is 9.91. The van der Waals surface area contributed by atoms with E-state index in [1.54, 1.807) is 0 Å². The molecule has 0 spiro atoms. The highest BCUT2D eigenvalue weighted by Crippen LogP contribution is 2.28. The fourth-order valence-corrected chi connectivity index (χ4v) is 3.93. The molecule has 1 fully saturated rings. The van der Waals surface area contributed by atoms with Crippen molar-refractivity contribution in [2.75, 3.05) is 18.4 Å². The monoisotopic (exact) mass is 334 g/mol. The van der Waals surface area contributed by atoms with Crippen LogP contribution in [-0.4, -0.2) is 29.9 Å². The van der Waals surface area contributed by atoms with Gasteiger partial charge in [0.2, 0.25) is 0 Å². The number of nitrogens with zero attached hydrogens (tertiary/aromatic N) is 1. The second-order valence-corrected chi connectivity index (χ2v) is 7.43. The van der Waals surface area contributed by atoms with Gasteiger partial charge in [-0.05, 0) is 68.0 Å². The van der Waals surface area contributed by atoms with Crippen LogP contribution in [0.5, 0.6) is 0 Å². The topological polar surface area (TPSA) is 32.3 Å². The minimum atomic E-state index is -0.0339. The van der Waals surface area contributed by atoms with Gasteiger partial charge in [-0.1, -0.05) is 30.2 Å². The summed E-state index contributed by atoms with van der Waals surface area (Å²) in [7, 11) is 0. The second-order valence-electron chi connectivity index (χ2n) is 7.43. The predicted octanol–water partition coefficient (Wildman–Crippen LogP) is 4.20. The van der Waals surface area contributed by atoms with Crippen molar-refractivity contribution in [3.63, 3.8) is 0 Å². The van der Waals surface area contributed by atoms with Gasteiger partial charge < -0.3 is 5.32 Å². The summed E-state index contributed by atoms with van der Waals surface area (Å²) in [5.41, 5.74) is 5.55. The Bertz CT molecular complexity index is 779. The number of aryl methyl sites for hydroxylation is 1. The summed E-state index contributed by atoms with van der Waals surface area (Å²) in [5.74, 6) is -0.0339. The normalized spacial score (nSPS) is 18.1. The van der Waals surface area contributed by atoms with Gasteiger partial charge in [-0.25, -0.2) is 0 Å². The van der Waals surface area contributed by atoms with Gasteiger partial charge in [0.15, 0.2) is 0 Å². The lowest BCUT2D eigenvalue weighted by molar-refractivity contribution is 0.102. The molecule has 1 aliphatic heterocycles. The molecule has 1 heterocycles. The average molecular weight is 334 g/mol. The van der Waals surface area contributed by atoms with Gasteiger partial charge in [-0.3, -0.25) is 9.69 Å². The molecule has 1 aliphatic carbocycles. The molecule has 0 unspecified atom stereocenters. The summed E-state index contributed by atoms with van der Waals surface area (Å²) in [6.07, 6.45) is 6.34.